The van der Waals surface area contributed by atoms with Gasteiger partial charge in [-0.3, -0.25) is 19.2 Å². The highest BCUT2D eigenvalue weighted by molar-refractivity contribution is 6.38. The Morgan fingerprint density at radius 3 is 2.39 bits per heavy atom. The molecule has 0 aliphatic heterocycles. The van der Waals surface area contributed by atoms with Gasteiger partial charge in [0.25, 0.3) is 0 Å². The van der Waals surface area contributed by atoms with E-state index in [0.717, 1.165) is 32.1 Å². The lowest BCUT2D eigenvalue weighted by Crippen LogP contribution is -2.55. The minimum Gasteiger partial charge on any atom is -0.462 e. The van der Waals surface area contributed by atoms with Crippen LogP contribution in [0.2, 0.25) is 0 Å². The lowest BCUT2D eigenvalue weighted by Gasteiger charge is -2.60. The summed E-state index contributed by atoms with van der Waals surface area (Å²) in [5.41, 5.74) is -0.152. The van der Waals surface area contributed by atoms with Crippen molar-refractivity contribution < 1.29 is 29.0 Å². The van der Waals surface area contributed by atoms with Crippen molar-refractivity contribution in [2.24, 2.45) is 63.1 Å². The number of hydrogen-bond acceptors (Lipinski definition) is 6. The fourth-order valence-electron chi connectivity index (χ4n) is 10.6. The van der Waals surface area contributed by atoms with Gasteiger partial charge >= 0.3 is 5.97 Å². The van der Waals surface area contributed by atoms with Crippen LogP contribution >= 0.6 is 0 Å². The van der Waals surface area contributed by atoms with Gasteiger partial charge in [-0.15, -0.1) is 0 Å². The number of aliphatic hydroxyl groups is 1. The molecule has 2 spiro atoms. The molecule has 0 aromatic carbocycles. The standard InChI is InChI=1S/C32H46O6/c1-17(15-33)18(2)27(36)28(37)20(4)26-24(38-21(5)34)14-30(7)25-9-8-22-19(3)23(35)10-11-31(22)16-32(25,31)13-12-29(26,30)6/h10-11,17-20,22,24-26,33H,8-9,12-16H2,1-7H3/t17-,18?,19-,20-,22-,24-,25-,26-,29+,30-,31+,32-/m0/s1. The Balaban J connectivity index is 1.50. The second-order valence-corrected chi connectivity index (χ2v) is 14.3. The zero-order valence-electron chi connectivity index (χ0n) is 24.2. The average Bonchev–Trinajstić information content (AvgIpc) is 3.48. The van der Waals surface area contributed by atoms with E-state index < -0.39 is 29.5 Å². The molecule has 4 fully saturated rings. The van der Waals surface area contributed by atoms with Crippen LogP contribution < -0.4 is 0 Å². The molecule has 0 aromatic heterocycles. The molecule has 5 rings (SSSR count). The number of Topliss-reactive ketones (excluding diaryl/α,β-unsaturated/α-hetero) is 2. The van der Waals surface area contributed by atoms with Crippen molar-refractivity contribution >= 4 is 23.3 Å². The van der Waals surface area contributed by atoms with Gasteiger partial charge in [-0.1, -0.05) is 47.6 Å². The van der Waals surface area contributed by atoms with Crippen LogP contribution in [0.5, 0.6) is 0 Å². The number of aliphatic hydroxyl groups excluding tert-OH is 1. The van der Waals surface area contributed by atoms with Gasteiger partial charge in [-0.2, -0.15) is 0 Å². The van der Waals surface area contributed by atoms with E-state index in [-0.39, 0.29) is 57.8 Å². The van der Waals surface area contributed by atoms with Crippen molar-refractivity contribution in [2.75, 3.05) is 6.61 Å². The van der Waals surface area contributed by atoms with Crippen LogP contribution in [0.25, 0.3) is 0 Å². The Labute approximate surface area is 227 Å². The van der Waals surface area contributed by atoms with Gasteiger partial charge in [-0.05, 0) is 84.0 Å². The number of fused-ring (bicyclic) bond motifs is 2. The number of ether oxygens (including phenoxy) is 1. The predicted molar refractivity (Wildman–Crippen MR) is 143 cm³/mol. The summed E-state index contributed by atoms with van der Waals surface area (Å²) in [5.74, 6) is -1.69. The zero-order valence-corrected chi connectivity index (χ0v) is 24.2. The highest BCUT2D eigenvalue weighted by Gasteiger charge is 2.81. The maximum absolute atomic E-state index is 13.6. The second kappa shape index (κ2) is 8.84. The summed E-state index contributed by atoms with van der Waals surface area (Å²) in [6.07, 6.45) is 9.55. The number of esters is 1. The first-order valence-electron chi connectivity index (χ1n) is 14.8. The van der Waals surface area contributed by atoms with Crippen molar-refractivity contribution in [3.8, 4) is 0 Å². The van der Waals surface area contributed by atoms with Crippen LogP contribution in [0.3, 0.4) is 0 Å². The highest BCUT2D eigenvalue weighted by Crippen LogP contribution is 2.87. The van der Waals surface area contributed by atoms with E-state index in [1.165, 1.54) is 6.92 Å². The summed E-state index contributed by atoms with van der Waals surface area (Å²) in [4.78, 5) is 51.7. The van der Waals surface area contributed by atoms with E-state index in [1.54, 1.807) is 13.8 Å². The highest BCUT2D eigenvalue weighted by atomic mass is 16.5. The second-order valence-electron chi connectivity index (χ2n) is 14.3. The topological polar surface area (TPSA) is 97.7 Å². The Morgan fingerprint density at radius 1 is 1.08 bits per heavy atom. The molecule has 0 heterocycles. The molecule has 6 nitrogen and oxygen atoms in total. The third-order valence-electron chi connectivity index (χ3n) is 13.1. The van der Waals surface area contributed by atoms with Crippen LogP contribution in [0.1, 0.15) is 87.0 Å². The van der Waals surface area contributed by atoms with Crippen molar-refractivity contribution in [3.63, 3.8) is 0 Å². The molecule has 210 valence electrons. The molecular formula is C32H46O6. The Morgan fingerprint density at radius 2 is 1.76 bits per heavy atom. The molecule has 5 aliphatic carbocycles. The molecule has 5 aliphatic rings. The number of ketones is 3. The fourth-order valence-corrected chi connectivity index (χ4v) is 10.6. The van der Waals surface area contributed by atoms with Gasteiger partial charge < -0.3 is 9.84 Å². The molecule has 0 amide bonds. The van der Waals surface area contributed by atoms with Gasteiger partial charge in [0.2, 0.25) is 11.6 Å². The summed E-state index contributed by atoms with van der Waals surface area (Å²) in [7, 11) is 0. The molecule has 12 atom stereocenters. The first kappa shape index (κ1) is 27.7. The zero-order chi connectivity index (χ0) is 28.0. The third-order valence-corrected chi connectivity index (χ3v) is 13.1. The molecule has 1 unspecified atom stereocenters. The molecular weight excluding hydrogens is 480 g/mol. The normalized spacial score (nSPS) is 47.1. The van der Waals surface area contributed by atoms with Crippen molar-refractivity contribution in [1.82, 2.24) is 0 Å². The van der Waals surface area contributed by atoms with Crippen LogP contribution in [-0.2, 0) is 23.9 Å². The van der Waals surface area contributed by atoms with E-state index in [1.807, 2.05) is 13.0 Å². The van der Waals surface area contributed by atoms with Crippen LogP contribution in [0, 0.1) is 63.1 Å². The van der Waals surface area contributed by atoms with Crippen molar-refractivity contribution in [3.05, 3.63) is 12.2 Å². The Bertz CT molecular complexity index is 1090. The SMILES string of the molecule is CC(=O)O[C@H]1C[C@@]2(C)[C@@H]3CC[C@H]4[C@H](C)C(=O)C=C[C@@]45C[C@@]35CC[C@]2(C)[C@H]1[C@H](C)C(=O)C(=O)C(C)[C@@H](C)CO. The largest absolute Gasteiger partial charge is 0.462 e. The summed E-state index contributed by atoms with van der Waals surface area (Å²) in [6.45, 7) is 13.4. The Kier molecular flexibility index (Phi) is 6.45. The molecule has 0 saturated heterocycles. The lowest BCUT2D eigenvalue weighted by molar-refractivity contribution is -0.156. The van der Waals surface area contributed by atoms with E-state index in [2.05, 4.69) is 26.8 Å². The van der Waals surface area contributed by atoms with Gasteiger partial charge in [0.1, 0.15) is 6.10 Å². The average molecular weight is 527 g/mol. The molecule has 0 aromatic rings. The lowest BCUT2D eigenvalue weighted by atomic mass is 9.43. The quantitative estimate of drug-likeness (QED) is 0.372. The molecule has 6 heteroatoms. The van der Waals surface area contributed by atoms with E-state index in [4.69, 9.17) is 4.74 Å². The van der Waals surface area contributed by atoms with Crippen LogP contribution in [0.4, 0.5) is 0 Å². The maximum atomic E-state index is 13.6. The molecule has 0 radical (unpaired) electrons. The first-order chi connectivity index (χ1) is 17.7. The minimum absolute atomic E-state index is 0.0681. The van der Waals surface area contributed by atoms with Crippen molar-refractivity contribution in [1.29, 1.82) is 0 Å². The first-order valence-corrected chi connectivity index (χ1v) is 14.8. The monoisotopic (exact) mass is 526 g/mol. The van der Waals surface area contributed by atoms with E-state index in [0.29, 0.717) is 18.3 Å². The minimum atomic E-state index is -0.571. The van der Waals surface area contributed by atoms with Gasteiger partial charge in [-0.25, -0.2) is 0 Å². The summed E-state index contributed by atoms with van der Waals surface area (Å²) < 4.78 is 5.99. The number of hydrogen-bond donors (Lipinski definition) is 1. The summed E-state index contributed by atoms with van der Waals surface area (Å²) in [6, 6.07) is 0. The maximum Gasteiger partial charge on any atom is 0.302 e. The number of carbonyl (C=O) groups excluding carboxylic acids is 4. The van der Waals surface area contributed by atoms with E-state index >= 15 is 0 Å². The number of carbonyl (C=O) groups is 4. The fraction of sp³-hybridized carbons (Fsp3) is 0.812. The van der Waals surface area contributed by atoms with Gasteiger partial charge in [0.15, 0.2) is 5.78 Å². The molecule has 4 saturated carbocycles. The summed E-state index contributed by atoms with van der Waals surface area (Å²) >= 11 is 0. The molecule has 38 heavy (non-hydrogen) atoms. The predicted octanol–water partition coefficient (Wildman–Crippen LogP) is 4.96. The van der Waals surface area contributed by atoms with E-state index in [9.17, 15) is 24.3 Å². The van der Waals surface area contributed by atoms with Gasteiger partial charge in [0, 0.05) is 37.2 Å². The van der Waals surface area contributed by atoms with Crippen LogP contribution in [0.15, 0.2) is 12.2 Å². The smallest absolute Gasteiger partial charge is 0.302 e. The van der Waals surface area contributed by atoms with Gasteiger partial charge in [0.05, 0.1) is 0 Å². The third kappa shape index (κ3) is 3.40. The van der Waals surface area contributed by atoms with Crippen molar-refractivity contribution in [2.45, 2.75) is 93.1 Å². The molecule has 1 N–H and O–H groups in total. The number of allylic oxidation sites excluding steroid dienone is 2. The summed E-state index contributed by atoms with van der Waals surface area (Å²) in [5, 5.41) is 9.56. The molecule has 0 bridgehead atoms. The Hall–Kier alpha value is -1.82. The van der Waals surface area contributed by atoms with Crippen LogP contribution in [-0.4, -0.2) is 41.1 Å². The number of rotatable bonds is 7.